The van der Waals surface area contributed by atoms with Gasteiger partial charge in [0.1, 0.15) is 0 Å². The normalized spacial score (nSPS) is 21.1. The molecule has 100 valence electrons. The van der Waals surface area contributed by atoms with Gasteiger partial charge in [-0.05, 0) is 38.5 Å². The van der Waals surface area contributed by atoms with Crippen LogP contribution in [0.4, 0.5) is 9.59 Å². The maximum atomic E-state index is 10.6. The molecule has 1 fully saturated rings. The number of nitrogens with two attached hydrogens (primary N) is 2. The Morgan fingerprint density at radius 3 is 1.56 bits per heavy atom. The van der Waals surface area contributed by atoms with Gasteiger partial charge in [-0.2, -0.15) is 10.2 Å². The van der Waals surface area contributed by atoms with E-state index in [-0.39, 0.29) is 0 Å². The third-order valence-electron chi connectivity index (χ3n) is 2.53. The van der Waals surface area contributed by atoms with Crippen LogP contribution in [0.15, 0.2) is 10.2 Å². The summed E-state index contributed by atoms with van der Waals surface area (Å²) in [7, 11) is 0. The van der Waals surface area contributed by atoms with E-state index in [4.69, 9.17) is 11.5 Å². The van der Waals surface area contributed by atoms with Crippen molar-refractivity contribution in [2.24, 2.45) is 21.7 Å². The number of amides is 4. The number of hydrogen-bond acceptors (Lipinski definition) is 4. The molecule has 8 heteroatoms. The van der Waals surface area contributed by atoms with Crippen molar-refractivity contribution < 1.29 is 9.59 Å². The Morgan fingerprint density at radius 2 is 1.22 bits per heavy atom. The van der Waals surface area contributed by atoms with Gasteiger partial charge < -0.3 is 11.5 Å². The van der Waals surface area contributed by atoms with Gasteiger partial charge >= 0.3 is 12.1 Å². The molecule has 0 saturated heterocycles. The second kappa shape index (κ2) is 7.25. The lowest BCUT2D eigenvalue weighted by atomic mass is 9.98. The van der Waals surface area contributed by atoms with E-state index in [0.717, 1.165) is 37.1 Å². The molecule has 0 unspecified atom stereocenters. The van der Waals surface area contributed by atoms with Gasteiger partial charge in [-0.3, -0.25) is 0 Å². The summed E-state index contributed by atoms with van der Waals surface area (Å²) < 4.78 is 0. The summed E-state index contributed by atoms with van der Waals surface area (Å²) in [6.07, 6.45) is 4.93. The third-order valence-corrected chi connectivity index (χ3v) is 2.53. The number of nitrogens with one attached hydrogen (secondary N) is 2. The first kappa shape index (κ1) is 13.9. The van der Waals surface area contributed by atoms with Crippen LogP contribution in [0.25, 0.3) is 0 Å². The molecule has 0 radical (unpaired) electrons. The predicted octanol–water partition coefficient (Wildman–Crippen LogP) is 0.389. The van der Waals surface area contributed by atoms with E-state index < -0.39 is 12.1 Å². The second-order valence-electron chi connectivity index (χ2n) is 4.02. The fraction of sp³-hybridized carbons (Fsp3) is 0.600. The van der Waals surface area contributed by atoms with Crippen molar-refractivity contribution in [3.8, 4) is 0 Å². The lowest BCUT2D eigenvalue weighted by Crippen LogP contribution is -2.27. The molecule has 0 aromatic heterocycles. The number of rotatable bonds is 2. The highest BCUT2D eigenvalue weighted by molar-refractivity contribution is 5.93. The van der Waals surface area contributed by atoms with Gasteiger partial charge in [-0.25, -0.2) is 20.4 Å². The van der Waals surface area contributed by atoms with Crippen LogP contribution in [0.5, 0.6) is 0 Å². The molecule has 0 spiro atoms. The topological polar surface area (TPSA) is 135 Å². The summed E-state index contributed by atoms with van der Waals surface area (Å²) in [5, 5.41) is 7.88. The lowest BCUT2D eigenvalue weighted by Gasteiger charge is -2.13. The minimum Gasteiger partial charge on any atom is -0.350 e. The Bertz CT molecular complexity index is 341. The fourth-order valence-electron chi connectivity index (χ4n) is 1.69. The van der Waals surface area contributed by atoms with Crippen LogP contribution in [0.3, 0.4) is 0 Å². The second-order valence-corrected chi connectivity index (χ2v) is 4.02. The Morgan fingerprint density at radius 1 is 0.833 bits per heavy atom. The summed E-state index contributed by atoms with van der Waals surface area (Å²) in [5.74, 6) is 0. The van der Waals surface area contributed by atoms with Crippen LogP contribution in [0.2, 0.25) is 0 Å². The van der Waals surface area contributed by atoms with Crippen LogP contribution in [-0.2, 0) is 0 Å². The largest absolute Gasteiger partial charge is 0.350 e. The molecule has 1 saturated carbocycles. The maximum absolute atomic E-state index is 10.6. The molecule has 8 nitrogen and oxygen atoms in total. The molecule has 0 atom stereocenters. The number of carbonyl (C=O) groups is 2. The summed E-state index contributed by atoms with van der Waals surface area (Å²) in [4.78, 5) is 21.1. The Balaban J connectivity index is 2.54. The Hall–Kier alpha value is -2.12. The Kier molecular flexibility index (Phi) is 5.62. The molecule has 0 aliphatic heterocycles. The average molecular weight is 254 g/mol. The van der Waals surface area contributed by atoms with Gasteiger partial charge in [0, 0.05) is 11.4 Å². The third kappa shape index (κ3) is 5.83. The highest BCUT2D eigenvalue weighted by Gasteiger charge is 2.10. The zero-order valence-electron chi connectivity index (χ0n) is 10.1. The molecule has 1 rings (SSSR count). The number of primary amides is 2. The van der Waals surface area contributed by atoms with Crippen molar-refractivity contribution in [1.82, 2.24) is 10.9 Å². The SMILES string of the molecule is NC(=O)N/N=C1\CCCC/C(=N\NC(N)=O)CC1. The van der Waals surface area contributed by atoms with E-state index in [0.29, 0.717) is 12.8 Å². The molecular weight excluding hydrogens is 236 g/mol. The lowest BCUT2D eigenvalue weighted by molar-refractivity contribution is 0.248. The van der Waals surface area contributed by atoms with Crippen molar-refractivity contribution in [3.05, 3.63) is 0 Å². The molecule has 0 heterocycles. The van der Waals surface area contributed by atoms with Crippen molar-refractivity contribution >= 4 is 23.5 Å². The zero-order valence-corrected chi connectivity index (χ0v) is 10.1. The van der Waals surface area contributed by atoms with Crippen molar-refractivity contribution in [2.75, 3.05) is 0 Å². The standard InChI is InChI=1S/C10H18N6O2/c11-9(17)15-13-7-3-1-2-4-8(6-5-7)14-16-10(12)18/h1-6H2,(H3,11,15,17)(H3,12,16,18)/b13-7+,14-8+. The number of hydrazone groups is 2. The fourth-order valence-corrected chi connectivity index (χ4v) is 1.69. The average Bonchev–Trinajstić information content (AvgIpc) is 2.26. The van der Waals surface area contributed by atoms with E-state index >= 15 is 0 Å². The number of urea groups is 2. The molecule has 1 aliphatic carbocycles. The maximum Gasteiger partial charge on any atom is 0.332 e. The van der Waals surface area contributed by atoms with Crippen LogP contribution < -0.4 is 22.3 Å². The van der Waals surface area contributed by atoms with Gasteiger partial charge in [0.05, 0.1) is 0 Å². The predicted molar refractivity (Wildman–Crippen MR) is 68.0 cm³/mol. The summed E-state index contributed by atoms with van der Waals surface area (Å²) >= 11 is 0. The quantitative estimate of drug-likeness (QED) is 0.530. The zero-order chi connectivity index (χ0) is 13.4. The molecule has 18 heavy (non-hydrogen) atoms. The van der Waals surface area contributed by atoms with Gasteiger partial charge in [-0.15, -0.1) is 0 Å². The molecule has 4 amide bonds. The van der Waals surface area contributed by atoms with Crippen LogP contribution in [-0.4, -0.2) is 23.5 Å². The van der Waals surface area contributed by atoms with Gasteiger partial charge in [0.2, 0.25) is 0 Å². The minimum atomic E-state index is -0.672. The van der Waals surface area contributed by atoms with Crippen LogP contribution in [0, 0.1) is 0 Å². The minimum absolute atomic E-state index is 0.672. The Labute approximate surface area is 105 Å². The first-order valence-corrected chi connectivity index (χ1v) is 5.79. The van der Waals surface area contributed by atoms with Crippen molar-refractivity contribution in [3.63, 3.8) is 0 Å². The van der Waals surface area contributed by atoms with E-state index in [1.54, 1.807) is 0 Å². The smallest absolute Gasteiger partial charge is 0.332 e. The molecule has 0 bridgehead atoms. The van der Waals surface area contributed by atoms with Crippen LogP contribution in [0.1, 0.15) is 38.5 Å². The van der Waals surface area contributed by atoms with E-state index in [1.807, 2.05) is 0 Å². The first-order chi connectivity index (χ1) is 8.58. The van der Waals surface area contributed by atoms with Gasteiger partial charge in [-0.1, -0.05) is 0 Å². The van der Waals surface area contributed by atoms with E-state index in [1.165, 1.54) is 0 Å². The highest BCUT2D eigenvalue weighted by atomic mass is 16.2. The monoisotopic (exact) mass is 254 g/mol. The van der Waals surface area contributed by atoms with E-state index in [9.17, 15) is 9.59 Å². The van der Waals surface area contributed by atoms with Crippen LogP contribution >= 0.6 is 0 Å². The number of nitrogens with zero attached hydrogens (tertiary/aromatic N) is 2. The van der Waals surface area contributed by atoms with Crippen molar-refractivity contribution in [1.29, 1.82) is 0 Å². The summed E-state index contributed by atoms with van der Waals surface area (Å²) in [6, 6.07) is -1.34. The van der Waals surface area contributed by atoms with E-state index in [2.05, 4.69) is 21.1 Å². The van der Waals surface area contributed by atoms with Gasteiger partial charge in [0.25, 0.3) is 0 Å². The summed E-state index contributed by atoms with van der Waals surface area (Å²) in [6.45, 7) is 0. The molecule has 0 aromatic carbocycles. The van der Waals surface area contributed by atoms with Crippen molar-refractivity contribution in [2.45, 2.75) is 38.5 Å². The first-order valence-electron chi connectivity index (χ1n) is 5.79. The number of carbonyl (C=O) groups excluding carboxylic acids is 2. The molecular formula is C10H18N6O2. The summed E-state index contributed by atoms with van der Waals surface area (Å²) in [5.41, 5.74) is 16.1. The molecule has 0 aromatic rings. The number of hydrogen-bond donors (Lipinski definition) is 4. The molecule has 6 N–H and O–H groups in total. The van der Waals surface area contributed by atoms with Gasteiger partial charge in [0.15, 0.2) is 0 Å². The highest BCUT2D eigenvalue weighted by Crippen LogP contribution is 2.13. The molecule has 1 aliphatic rings.